The predicted molar refractivity (Wildman–Crippen MR) is 57.6 cm³/mol. The van der Waals surface area contributed by atoms with Crippen molar-refractivity contribution < 1.29 is 4.79 Å². The summed E-state index contributed by atoms with van der Waals surface area (Å²) in [7, 11) is 0. The molecule has 74 valence electrons. The number of aryl methyl sites for hydroxylation is 4. The van der Waals surface area contributed by atoms with E-state index in [1.807, 2.05) is 0 Å². The summed E-state index contributed by atoms with van der Waals surface area (Å²) < 4.78 is 0. The zero-order valence-electron chi connectivity index (χ0n) is 8.89. The molecule has 0 radical (unpaired) electrons. The van der Waals surface area contributed by atoms with Crippen LogP contribution in [0.3, 0.4) is 0 Å². The lowest BCUT2D eigenvalue weighted by Gasteiger charge is -2.08. The van der Waals surface area contributed by atoms with Gasteiger partial charge in [0, 0.05) is 12.8 Å². The summed E-state index contributed by atoms with van der Waals surface area (Å²) >= 11 is 0. The van der Waals surface area contributed by atoms with Crippen molar-refractivity contribution in [1.29, 1.82) is 0 Å². The first-order chi connectivity index (χ1) is 6.66. The van der Waals surface area contributed by atoms with Crippen LogP contribution in [-0.2, 0) is 17.6 Å². The molecule has 0 fully saturated rings. The molecular weight excluding hydrogens is 172 g/mol. The van der Waals surface area contributed by atoms with Gasteiger partial charge in [-0.15, -0.1) is 0 Å². The average molecular weight is 188 g/mol. The predicted octanol–water partition coefficient (Wildman–Crippen LogP) is 2.75. The van der Waals surface area contributed by atoms with E-state index in [-0.39, 0.29) is 0 Å². The Morgan fingerprint density at radius 2 is 1.29 bits per heavy atom. The van der Waals surface area contributed by atoms with Crippen molar-refractivity contribution in [3.8, 4) is 0 Å². The highest BCUT2D eigenvalue weighted by atomic mass is 16.1. The van der Waals surface area contributed by atoms with Gasteiger partial charge < -0.3 is 0 Å². The number of fused-ring (bicyclic) bond motifs is 1. The van der Waals surface area contributed by atoms with Crippen LogP contribution in [0.15, 0.2) is 12.1 Å². The molecule has 1 nitrogen and oxygen atoms in total. The molecule has 0 saturated carbocycles. The van der Waals surface area contributed by atoms with Crippen molar-refractivity contribution in [2.24, 2.45) is 0 Å². The SMILES string of the molecule is Cc1cc2c(cc1C)CCC(=O)CC2. The van der Waals surface area contributed by atoms with E-state index >= 15 is 0 Å². The number of Topliss-reactive ketones (excluding diaryl/α,β-unsaturated/α-hetero) is 1. The van der Waals surface area contributed by atoms with Crippen molar-refractivity contribution in [2.75, 3.05) is 0 Å². The van der Waals surface area contributed by atoms with Crippen LogP contribution in [0.2, 0.25) is 0 Å². The second-order valence-electron chi connectivity index (χ2n) is 4.24. The van der Waals surface area contributed by atoms with E-state index in [1.165, 1.54) is 22.3 Å². The molecule has 0 heterocycles. The number of hydrogen-bond donors (Lipinski definition) is 0. The monoisotopic (exact) mass is 188 g/mol. The molecule has 0 spiro atoms. The van der Waals surface area contributed by atoms with Crippen LogP contribution in [-0.4, -0.2) is 5.78 Å². The molecule has 0 aliphatic heterocycles. The van der Waals surface area contributed by atoms with E-state index < -0.39 is 0 Å². The number of hydrogen-bond acceptors (Lipinski definition) is 1. The van der Waals surface area contributed by atoms with Gasteiger partial charge in [0.05, 0.1) is 0 Å². The molecule has 14 heavy (non-hydrogen) atoms. The fraction of sp³-hybridized carbons (Fsp3) is 0.462. The van der Waals surface area contributed by atoms with Crippen LogP contribution in [0, 0.1) is 13.8 Å². The lowest BCUT2D eigenvalue weighted by Crippen LogP contribution is -1.95. The normalized spacial score (nSPS) is 16.3. The molecule has 1 heteroatoms. The van der Waals surface area contributed by atoms with Gasteiger partial charge in [0.25, 0.3) is 0 Å². The molecule has 2 rings (SSSR count). The smallest absolute Gasteiger partial charge is 0.133 e. The molecule has 0 aromatic heterocycles. The average Bonchev–Trinajstić information content (AvgIpc) is 2.31. The second kappa shape index (κ2) is 3.56. The van der Waals surface area contributed by atoms with E-state index in [2.05, 4.69) is 26.0 Å². The Balaban J connectivity index is 2.41. The fourth-order valence-electron chi connectivity index (χ4n) is 2.07. The Hall–Kier alpha value is -1.11. The summed E-state index contributed by atoms with van der Waals surface area (Å²) in [5, 5.41) is 0. The summed E-state index contributed by atoms with van der Waals surface area (Å²) in [5.74, 6) is 0.413. The zero-order chi connectivity index (χ0) is 10.1. The minimum atomic E-state index is 0.413. The molecule has 1 aliphatic carbocycles. The van der Waals surface area contributed by atoms with Gasteiger partial charge in [-0.1, -0.05) is 12.1 Å². The van der Waals surface area contributed by atoms with Crippen molar-refractivity contribution in [3.05, 3.63) is 34.4 Å². The van der Waals surface area contributed by atoms with E-state index in [1.54, 1.807) is 0 Å². The Morgan fingerprint density at radius 3 is 1.71 bits per heavy atom. The van der Waals surface area contributed by atoms with Crippen molar-refractivity contribution in [1.82, 2.24) is 0 Å². The third kappa shape index (κ3) is 1.72. The Morgan fingerprint density at radius 1 is 0.857 bits per heavy atom. The largest absolute Gasteiger partial charge is 0.300 e. The van der Waals surface area contributed by atoms with Crippen LogP contribution in [0.1, 0.15) is 35.1 Å². The molecule has 0 saturated heterocycles. The highest BCUT2D eigenvalue weighted by Gasteiger charge is 2.13. The highest BCUT2D eigenvalue weighted by Crippen LogP contribution is 2.22. The Kier molecular flexibility index (Phi) is 2.40. The van der Waals surface area contributed by atoms with E-state index in [0.717, 1.165) is 25.7 Å². The molecule has 0 amide bonds. The first kappa shape index (κ1) is 9.45. The van der Waals surface area contributed by atoms with Gasteiger partial charge in [0.15, 0.2) is 0 Å². The van der Waals surface area contributed by atoms with Gasteiger partial charge in [-0.2, -0.15) is 0 Å². The number of carbonyl (C=O) groups excluding carboxylic acids is 1. The van der Waals surface area contributed by atoms with Crippen molar-refractivity contribution in [3.63, 3.8) is 0 Å². The molecule has 0 atom stereocenters. The van der Waals surface area contributed by atoms with Crippen molar-refractivity contribution in [2.45, 2.75) is 39.5 Å². The quantitative estimate of drug-likeness (QED) is 0.572. The van der Waals surface area contributed by atoms with Crippen LogP contribution >= 0.6 is 0 Å². The summed E-state index contributed by atoms with van der Waals surface area (Å²) in [4.78, 5) is 11.3. The highest BCUT2D eigenvalue weighted by molar-refractivity contribution is 5.79. The lowest BCUT2D eigenvalue weighted by atomic mass is 9.97. The van der Waals surface area contributed by atoms with Crippen LogP contribution in [0.4, 0.5) is 0 Å². The minimum absolute atomic E-state index is 0.413. The van der Waals surface area contributed by atoms with Gasteiger partial charge in [0.1, 0.15) is 5.78 Å². The van der Waals surface area contributed by atoms with Crippen molar-refractivity contribution >= 4 is 5.78 Å². The van der Waals surface area contributed by atoms with E-state index in [9.17, 15) is 4.79 Å². The summed E-state index contributed by atoms with van der Waals surface area (Å²) in [6.07, 6.45) is 3.34. The molecule has 1 aromatic rings. The summed E-state index contributed by atoms with van der Waals surface area (Å²) in [6.45, 7) is 4.28. The Labute approximate surface area is 85.1 Å². The fourth-order valence-corrected chi connectivity index (χ4v) is 2.07. The van der Waals surface area contributed by atoms with Crippen LogP contribution in [0.25, 0.3) is 0 Å². The van der Waals surface area contributed by atoms with Crippen LogP contribution in [0.5, 0.6) is 0 Å². The van der Waals surface area contributed by atoms with Gasteiger partial charge in [-0.25, -0.2) is 0 Å². The maximum atomic E-state index is 11.3. The first-order valence-electron chi connectivity index (χ1n) is 5.27. The van der Waals surface area contributed by atoms with Crippen LogP contribution < -0.4 is 0 Å². The summed E-state index contributed by atoms with van der Waals surface area (Å²) in [5.41, 5.74) is 5.47. The maximum absolute atomic E-state index is 11.3. The molecular formula is C13H16O. The minimum Gasteiger partial charge on any atom is -0.300 e. The first-order valence-corrected chi connectivity index (χ1v) is 5.27. The Bertz CT molecular complexity index is 342. The van der Waals surface area contributed by atoms with E-state index in [4.69, 9.17) is 0 Å². The summed E-state index contributed by atoms with van der Waals surface area (Å²) in [6, 6.07) is 4.51. The molecule has 0 bridgehead atoms. The van der Waals surface area contributed by atoms with Gasteiger partial charge in [-0.05, 0) is 48.9 Å². The van der Waals surface area contributed by atoms with Gasteiger partial charge in [-0.3, -0.25) is 4.79 Å². The molecule has 1 aliphatic rings. The maximum Gasteiger partial charge on any atom is 0.133 e. The third-order valence-corrected chi connectivity index (χ3v) is 3.16. The third-order valence-electron chi connectivity index (χ3n) is 3.16. The van der Waals surface area contributed by atoms with Gasteiger partial charge >= 0.3 is 0 Å². The number of carbonyl (C=O) groups is 1. The molecule has 0 unspecified atom stereocenters. The standard InChI is InChI=1S/C13H16O/c1-9-7-11-3-5-13(14)6-4-12(11)8-10(9)2/h7-8H,3-6H2,1-2H3. The van der Waals surface area contributed by atoms with Gasteiger partial charge in [0.2, 0.25) is 0 Å². The molecule has 1 aromatic carbocycles. The number of ketones is 1. The molecule has 0 N–H and O–H groups in total. The second-order valence-corrected chi connectivity index (χ2v) is 4.24. The number of benzene rings is 1. The lowest BCUT2D eigenvalue weighted by molar-refractivity contribution is -0.118. The zero-order valence-corrected chi connectivity index (χ0v) is 8.89. The topological polar surface area (TPSA) is 17.1 Å². The van der Waals surface area contributed by atoms with E-state index in [0.29, 0.717) is 5.78 Å². The number of rotatable bonds is 0.